The summed E-state index contributed by atoms with van der Waals surface area (Å²) in [6.07, 6.45) is 0. The predicted octanol–water partition coefficient (Wildman–Crippen LogP) is 2.10. The number of hydrogen-bond acceptors (Lipinski definition) is 1. The van der Waals surface area contributed by atoms with Crippen LogP contribution in [0.4, 0.5) is 12.9 Å². The Balaban J connectivity index is 3.26. The smallest absolute Gasteiger partial charge is 0.507 e. The zero-order valence-electron chi connectivity index (χ0n) is 5.77. The van der Waals surface area contributed by atoms with Gasteiger partial charge in [0.2, 0.25) is 0 Å². The molecule has 0 atom stereocenters. The molecule has 0 amide bonds. The van der Waals surface area contributed by atoms with Crippen molar-refractivity contribution >= 4 is 24.0 Å². The number of benzene rings is 1. The van der Waals surface area contributed by atoms with Crippen LogP contribution in [0.3, 0.4) is 0 Å². The molecule has 0 bridgehead atoms. The summed E-state index contributed by atoms with van der Waals surface area (Å²) in [7, 11) is 0. The minimum absolute atomic E-state index is 0.548. The number of phenolic OH excluding ortho intramolecular Hbond substituents is 1. The Morgan fingerprint density at radius 2 is 1.83 bits per heavy atom. The molecule has 1 rings (SSSR count). The van der Waals surface area contributed by atoms with Crippen molar-refractivity contribution in [3.8, 4) is 5.75 Å². The molecule has 12 heavy (non-hydrogen) atoms. The van der Waals surface area contributed by atoms with Crippen LogP contribution < -0.4 is 5.46 Å². The molecule has 0 unspecified atom stereocenters. The van der Waals surface area contributed by atoms with Crippen LogP contribution in [0.2, 0.25) is 5.02 Å². The van der Waals surface area contributed by atoms with Gasteiger partial charge >= 0.3 is 6.98 Å². The third-order valence-electron chi connectivity index (χ3n) is 1.36. The van der Waals surface area contributed by atoms with Crippen LogP contribution in [0.5, 0.6) is 5.75 Å². The van der Waals surface area contributed by atoms with E-state index in [1.54, 1.807) is 0 Å². The van der Waals surface area contributed by atoms with Gasteiger partial charge in [-0.25, -0.2) is 0 Å². The van der Waals surface area contributed by atoms with Gasteiger partial charge in [-0.2, -0.15) is 0 Å². The first-order valence-electron chi connectivity index (χ1n) is 3.10. The van der Waals surface area contributed by atoms with Crippen LogP contribution in [0.15, 0.2) is 18.2 Å². The average Bonchev–Trinajstić information content (AvgIpc) is 1.92. The average molecular weight is 195 g/mol. The Hall–Kier alpha value is -0.835. The molecule has 6 heteroatoms. The van der Waals surface area contributed by atoms with E-state index in [1.165, 1.54) is 0 Å². The molecule has 1 aromatic rings. The highest BCUT2D eigenvalue weighted by Gasteiger charge is 2.28. The normalized spacial score (nSPS) is 11.7. The predicted molar refractivity (Wildman–Crippen MR) is 41.8 cm³/mol. The lowest BCUT2D eigenvalue weighted by Crippen LogP contribution is -2.34. The summed E-state index contributed by atoms with van der Waals surface area (Å²) >= 11 is 5.22. The molecule has 0 aromatic heterocycles. The summed E-state index contributed by atoms with van der Waals surface area (Å²) in [6.45, 7) is -5.14. The first-order valence-corrected chi connectivity index (χ1v) is 3.48. The first-order chi connectivity index (χ1) is 5.43. The molecular formula is C6H4BClF3O-. The number of hydrogen-bond donors (Lipinski definition) is 1. The van der Waals surface area contributed by atoms with Gasteiger partial charge in [-0.15, -0.1) is 0 Å². The molecule has 0 fully saturated rings. The molecule has 0 heterocycles. The largest absolute Gasteiger partial charge is 0.511 e. The van der Waals surface area contributed by atoms with Gasteiger partial charge in [0, 0.05) is 0 Å². The van der Waals surface area contributed by atoms with Crippen molar-refractivity contribution in [2.24, 2.45) is 0 Å². The quantitative estimate of drug-likeness (QED) is 0.680. The van der Waals surface area contributed by atoms with Crippen molar-refractivity contribution in [1.29, 1.82) is 0 Å². The van der Waals surface area contributed by atoms with Crippen LogP contribution in [0.25, 0.3) is 0 Å². The van der Waals surface area contributed by atoms with Gasteiger partial charge in [-0.1, -0.05) is 29.2 Å². The van der Waals surface area contributed by atoms with Crippen molar-refractivity contribution < 1.29 is 18.1 Å². The second kappa shape index (κ2) is 2.90. The highest BCUT2D eigenvalue weighted by atomic mass is 35.5. The van der Waals surface area contributed by atoms with E-state index >= 15 is 0 Å². The van der Waals surface area contributed by atoms with Gasteiger partial charge in [0.15, 0.2) is 0 Å². The Kier molecular flexibility index (Phi) is 2.23. The van der Waals surface area contributed by atoms with E-state index < -0.39 is 23.2 Å². The molecule has 1 N–H and O–H groups in total. The van der Waals surface area contributed by atoms with E-state index in [1.807, 2.05) is 0 Å². The van der Waals surface area contributed by atoms with Crippen LogP contribution in [0, 0.1) is 0 Å². The third-order valence-corrected chi connectivity index (χ3v) is 1.77. The maximum atomic E-state index is 12.1. The molecule has 0 spiro atoms. The molecule has 0 saturated carbocycles. The van der Waals surface area contributed by atoms with Gasteiger partial charge < -0.3 is 18.1 Å². The number of halogens is 4. The summed E-state index contributed by atoms with van der Waals surface area (Å²) in [5.41, 5.74) is -0.961. The summed E-state index contributed by atoms with van der Waals surface area (Å²) in [5.74, 6) is -0.548. The molecule has 0 aliphatic heterocycles. The fourth-order valence-electron chi connectivity index (χ4n) is 0.790. The molecule has 0 aliphatic rings. The lowest BCUT2D eigenvalue weighted by molar-refractivity contribution is 0.473. The first kappa shape index (κ1) is 9.25. The van der Waals surface area contributed by atoms with E-state index in [4.69, 9.17) is 16.7 Å². The fraction of sp³-hybridized carbons (Fsp3) is 0. The summed E-state index contributed by atoms with van der Waals surface area (Å²) in [6, 6.07) is 3.04. The lowest BCUT2D eigenvalue weighted by Gasteiger charge is -2.16. The van der Waals surface area contributed by atoms with Gasteiger partial charge in [0.1, 0.15) is 5.75 Å². The highest BCUT2D eigenvalue weighted by Crippen LogP contribution is 2.24. The van der Waals surface area contributed by atoms with Gasteiger partial charge in [0.25, 0.3) is 0 Å². The number of phenols is 1. The van der Waals surface area contributed by atoms with Crippen molar-refractivity contribution in [2.45, 2.75) is 0 Å². The summed E-state index contributed by atoms with van der Waals surface area (Å²) in [5, 5.41) is 8.21. The van der Waals surface area contributed by atoms with E-state index in [9.17, 15) is 12.9 Å². The van der Waals surface area contributed by atoms with Crippen molar-refractivity contribution in [2.75, 3.05) is 0 Å². The second-order valence-electron chi connectivity index (χ2n) is 2.26. The molecule has 0 radical (unpaired) electrons. The SMILES string of the molecule is Oc1cccc([B-](F)(F)F)c1Cl. The zero-order chi connectivity index (χ0) is 9.35. The Morgan fingerprint density at radius 1 is 1.25 bits per heavy atom. The van der Waals surface area contributed by atoms with E-state index in [-0.39, 0.29) is 0 Å². The minimum atomic E-state index is -5.14. The van der Waals surface area contributed by atoms with Crippen molar-refractivity contribution in [3.63, 3.8) is 0 Å². The van der Waals surface area contributed by atoms with Gasteiger partial charge in [0.05, 0.1) is 5.02 Å². The Bertz CT molecular complexity index is 299. The molecular weight excluding hydrogens is 191 g/mol. The monoisotopic (exact) mass is 195 g/mol. The fourth-order valence-corrected chi connectivity index (χ4v) is 1.04. The highest BCUT2D eigenvalue weighted by molar-refractivity contribution is 6.76. The molecule has 0 aliphatic carbocycles. The lowest BCUT2D eigenvalue weighted by atomic mass is 9.80. The van der Waals surface area contributed by atoms with E-state index in [0.29, 0.717) is 0 Å². The molecule has 0 saturated heterocycles. The Labute approximate surface area is 71.8 Å². The van der Waals surface area contributed by atoms with Crippen molar-refractivity contribution in [1.82, 2.24) is 0 Å². The minimum Gasteiger partial charge on any atom is -0.507 e. The van der Waals surface area contributed by atoms with Gasteiger partial charge in [-0.05, 0) is 6.07 Å². The van der Waals surface area contributed by atoms with Crippen LogP contribution in [-0.2, 0) is 0 Å². The molecule has 66 valence electrons. The molecule has 1 aromatic carbocycles. The molecule has 1 nitrogen and oxygen atoms in total. The van der Waals surface area contributed by atoms with Crippen LogP contribution in [-0.4, -0.2) is 12.1 Å². The third kappa shape index (κ3) is 1.66. The van der Waals surface area contributed by atoms with Gasteiger partial charge in [-0.3, -0.25) is 0 Å². The van der Waals surface area contributed by atoms with E-state index in [2.05, 4.69) is 0 Å². The second-order valence-corrected chi connectivity index (χ2v) is 2.63. The van der Waals surface area contributed by atoms with E-state index in [0.717, 1.165) is 18.2 Å². The number of rotatable bonds is 1. The Morgan fingerprint density at radius 3 is 2.25 bits per heavy atom. The topological polar surface area (TPSA) is 20.2 Å². The summed E-state index contributed by atoms with van der Waals surface area (Å²) in [4.78, 5) is 0. The van der Waals surface area contributed by atoms with Crippen LogP contribution >= 0.6 is 11.6 Å². The van der Waals surface area contributed by atoms with Crippen molar-refractivity contribution in [3.05, 3.63) is 23.2 Å². The standard InChI is InChI=1S/C6H4BClF3O/c8-6-4(7(9,10)11)2-1-3-5(6)12/h1-3,12H/q-1. The number of aromatic hydroxyl groups is 1. The zero-order valence-corrected chi connectivity index (χ0v) is 6.52. The van der Waals surface area contributed by atoms with Crippen LogP contribution in [0.1, 0.15) is 0 Å². The maximum absolute atomic E-state index is 12.1. The summed E-state index contributed by atoms with van der Waals surface area (Å²) < 4.78 is 36.3. The maximum Gasteiger partial charge on any atom is 0.511 e.